The van der Waals surface area contributed by atoms with Crippen molar-refractivity contribution in [3.63, 3.8) is 0 Å². The maximum Gasteiger partial charge on any atom is 0.106 e. The largest absolute Gasteiger partial charge is 0.389 e. The fourth-order valence-electron chi connectivity index (χ4n) is 2.64. The average Bonchev–Trinajstić information content (AvgIpc) is 2.57. The normalized spacial score (nSPS) is 17.2. The van der Waals surface area contributed by atoms with Crippen molar-refractivity contribution in [2.45, 2.75) is 51.5 Å². The van der Waals surface area contributed by atoms with Crippen molar-refractivity contribution in [2.75, 3.05) is 5.32 Å². The SMILES string of the molecule is Cc1ccc(C(N)=S)c(NC2CCCCCC2)c1. The predicted molar refractivity (Wildman–Crippen MR) is 82.2 cm³/mol. The molecule has 0 aliphatic heterocycles. The summed E-state index contributed by atoms with van der Waals surface area (Å²) in [6.07, 6.45) is 7.90. The van der Waals surface area contributed by atoms with Gasteiger partial charge in [0.05, 0.1) is 0 Å². The van der Waals surface area contributed by atoms with Gasteiger partial charge in [-0.25, -0.2) is 0 Å². The first-order valence-electron chi connectivity index (χ1n) is 6.84. The van der Waals surface area contributed by atoms with Gasteiger partial charge in [-0.05, 0) is 37.5 Å². The zero-order chi connectivity index (χ0) is 13.0. The summed E-state index contributed by atoms with van der Waals surface area (Å²) >= 11 is 5.13. The molecule has 2 nitrogen and oxygen atoms in total. The van der Waals surface area contributed by atoms with Crippen molar-refractivity contribution in [1.29, 1.82) is 0 Å². The van der Waals surface area contributed by atoms with E-state index in [2.05, 4.69) is 24.4 Å². The minimum Gasteiger partial charge on any atom is -0.389 e. The number of nitrogens with two attached hydrogens (primary N) is 1. The molecule has 18 heavy (non-hydrogen) atoms. The van der Waals surface area contributed by atoms with Gasteiger partial charge in [0.2, 0.25) is 0 Å². The van der Waals surface area contributed by atoms with Crippen LogP contribution in [-0.2, 0) is 0 Å². The van der Waals surface area contributed by atoms with Crippen molar-refractivity contribution in [3.05, 3.63) is 29.3 Å². The molecule has 1 aliphatic rings. The Balaban J connectivity index is 2.15. The van der Waals surface area contributed by atoms with E-state index in [9.17, 15) is 0 Å². The van der Waals surface area contributed by atoms with Gasteiger partial charge in [0.1, 0.15) is 4.99 Å². The summed E-state index contributed by atoms with van der Waals surface area (Å²) in [4.78, 5) is 0.478. The van der Waals surface area contributed by atoms with Gasteiger partial charge in [-0.15, -0.1) is 0 Å². The lowest BCUT2D eigenvalue weighted by molar-refractivity contribution is 0.620. The second kappa shape index (κ2) is 6.19. The minimum absolute atomic E-state index is 0.478. The van der Waals surface area contributed by atoms with E-state index in [1.807, 2.05) is 6.07 Å². The van der Waals surface area contributed by atoms with E-state index in [4.69, 9.17) is 18.0 Å². The molecular formula is C15H22N2S. The Morgan fingerprint density at radius 3 is 2.50 bits per heavy atom. The fraction of sp³-hybridized carbons (Fsp3) is 0.533. The van der Waals surface area contributed by atoms with Crippen molar-refractivity contribution in [1.82, 2.24) is 0 Å². The van der Waals surface area contributed by atoms with E-state index in [1.165, 1.54) is 44.1 Å². The highest BCUT2D eigenvalue weighted by atomic mass is 32.1. The van der Waals surface area contributed by atoms with E-state index in [1.54, 1.807) is 0 Å². The molecule has 3 N–H and O–H groups in total. The number of thiocarbonyl (C=S) groups is 1. The summed E-state index contributed by atoms with van der Waals surface area (Å²) in [6.45, 7) is 2.10. The Bertz CT molecular complexity index is 421. The lowest BCUT2D eigenvalue weighted by Crippen LogP contribution is -2.21. The molecule has 0 amide bonds. The Hall–Kier alpha value is -1.09. The summed E-state index contributed by atoms with van der Waals surface area (Å²) in [5.41, 5.74) is 9.11. The van der Waals surface area contributed by atoms with Crippen LogP contribution < -0.4 is 11.1 Å². The molecular weight excluding hydrogens is 240 g/mol. The van der Waals surface area contributed by atoms with E-state index < -0.39 is 0 Å². The van der Waals surface area contributed by atoms with Crippen molar-refractivity contribution < 1.29 is 0 Å². The lowest BCUT2D eigenvalue weighted by atomic mass is 10.1. The molecule has 1 aromatic rings. The molecule has 1 fully saturated rings. The summed E-state index contributed by atoms with van der Waals surface area (Å²) in [5.74, 6) is 0. The van der Waals surface area contributed by atoms with E-state index in [0.29, 0.717) is 11.0 Å². The topological polar surface area (TPSA) is 38.0 Å². The van der Waals surface area contributed by atoms with Crippen molar-refractivity contribution in [2.24, 2.45) is 5.73 Å². The van der Waals surface area contributed by atoms with Crippen LogP contribution in [0.5, 0.6) is 0 Å². The van der Waals surface area contributed by atoms with Crippen molar-refractivity contribution >= 4 is 22.9 Å². The fourth-order valence-corrected chi connectivity index (χ4v) is 2.81. The lowest BCUT2D eigenvalue weighted by Gasteiger charge is -2.20. The van der Waals surface area contributed by atoms with E-state index in [0.717, 1.165) is 11.3 Å². The highest BCUT2D eigenvalue weighted by Crippen LogP contribution is 2.24. The van der Waals surface area contributed by atoms with Crippen LogP contribution in [0, 0.1) is 6.92 Å². The standard InChI is InChI=1S/C15H22N2S/c1-11-8-9-13(15(16)18)14(10-11)17-12-6-4-2-3-5-7-12/h8-10,12,17H,2-7H2,1H3,(H2,16,18). The number of hydrogen-bond donors (Lipinski definition) is 2. The third-order valence-corrected chi connectivity index (χ3v) is 3.88. The molecule has 3 heteroatoms. The van der Waals surface area contributed by atoms with Crippen LogP contribution in [0.15, 0.2) is 18.2 Å². The van der Waals surface area contributed by atoms with Gasteiger partial charge < -0.3 is 11.1 Å². The molecule has 0 heterocycles. The molecule has 0 radical (unpaired) electrons. The minimum atomic E-state index is 0.478. The second-order valence-corrected chi connectivity index (χ2v) is 5.69. The maximum atomic E-state index is 5.79. The first-order chi connectivity index (χ1) is 8.66. The van der Waals surface area contributed by atoms with Crippen LogP contribution >= 0.6 is 12.2 Å². The van der Waals surface area contributed by atoms with E-state index in [-0.39, 0.29) is 0 Å². The molecule has 1 aromatic carbocycles. The summed E-state index contributed by atoms with van der Waals surface area (Å²) in [6, 6.07) is 6.81. The van der Waals surface area contributed by atoms with Gasteiger partial charge in [-0.2, -0.15) is 0 Å². The molecule has 0 spiro atoms. The van der Waals surface area contributed by atoms with Crippen LogP contribution in [0.4, 0.5) is 5.69 Å². The second-order valence-electron chi connectivity index (χ2n) is 5.25. The van der Waals surface area contributed by atoms with Crippen molar-refractivity contribution in [3.8, 4) is 0 Å². The quantitative estimate of drug-likeness (QED) is 0.643. The van der Waals surface area contributed by atoms with Gasteiger partial charge in [0.25, 0.3) is 0 Å². The average molecular weight is 262 g/mol. The number of hydrogen-bond acceptors (Lipinski definition) is 2. The van der Waals surface area contributed by atoms with Crippen LogP contribution in [0.2, 0.25) is 0 Å². The predicted octanol–water partition coefficient (Wildman–Crippen LogP) is 3.76. The van der Waals surface area contributed by atoms with Crippen LogP contribution in [0.3, 0.4) is 0 Å². The highest BCUT2D eigenvalue weighted by Gasteiger charge is 2.14. The van der Waals surface area contributed by atoms with Gasteiger partial charge in [-0.1, -0.05) is 44.0 Å². The summed E-state index contributed by atoms with van der Waals surface area (Å²) < 4.78 is 0. The van der Waals surface area contributed by atoms with Crippen LogP contribution in [0.1, 0.15) is 49.7 Å². The van der Waals surface area contributed by atoms with Gasteiger partial charge in [0.15, 0.2) is 0 Å². The molecule has 0 bridgehead atoms. The zero-order valence-corrected chi connectivity index (χ0v) is 11.9. The number of aryl methyl sites for hydroxylation is 1. The Kier molecular flexibility index (Phi) is 4.59. The molecule has 1 aliphatic carbocycles. The monoisotopic (exact) mass is 262 g/mol. The van der Waals surface area contributed by atoms with Gasteiger partial charge in [0, 0.05) is 17.3 Å². The molecule has 0 unspecified atom stereocenters. The van der Waals surface area contributed by atoms with E-state index >= 15 is 0 Å². The number of anilines is 1. The number of nitrogens with one attached hydrogen (secondary N) is 1. The highest BCUT2D eigenvalue weighted by molar-refractivity contribution is 7.80. The number of benzene rings is 1. The van der Waals surface area contributed by atoms with Gasteiger partial charge >= 0.3 is 0 Å². The van der Waals surface area contributed by atoms with Gasteiger partial charge in [-0.3, -0.25) is 0 Å². The molecule has 2 rings (SSSR count). The summed E-state index contributed by atoms with van der Waals surface area (Å²) in [5, 5.41) is 3.64. The van der Waals surface area contributed by atoms with Crippen LogP contribution in [-0.4, -0.2) is 11.0 Å². The molecule has 98 valence electrons. The zero-order valence-electron chi connectivity index (χ0n) is 11.0. The first kappa shape index (κ1) is 13.3. The molecule has 1 saturated carbocycles. The molecule has 0 atom stereocenters. The first-order valence-corrected chi connectivity index (χ1v) is 7.24. The third-order valence-electron chi connectivity index (χ3n) is 3.66. The Morgan fingerprint density at radius 1 is 1.22 bits per heavy atom. The maximum absolute atomic E-state index is 5.79. The smallest absolute Gasteiger partial charge is 0.106 e. The van der Waals surface area contributed by atoms with Crippen LogP contribution in [0.25, 0.3) is 0 Å². The summed E-state index contributed by atoms with van der Waals surface area (Å²) in [7, 11) is 0. The molecule has 0 aromatic heterocycles. The Labute approximate surface area is 115 Å². The molecule has 0 saturated heterocycles. The third kappa shape index (κ3) is 3.45. The Morgan fingerprint density at radius 2 is 1.89 bits per heavy atom. The number of rotatable bonds is 3.